The second kappa shape index (κ2) is 4.35. The van der Waals surface area contributed by atoms with Gasteiger partial charge in [0.1, 0.15) is 5.54 Å². The van der Waals surface area contributed by atoms with Crippen LogP contribution in [0.25, 0.3) is 0 Å². The molecule has 0 amide bonds. The summed E-state index contributed by atoms with van der Waals surface area (Å²) in [5, 5.41) is 3.71. The molecular weight excluding hydrogens is 272 g/mol. The molecule has 1 saturated carbocycles. The maximum absolute atomic E-state index is 13.3. The highest BCUT2D eigenvalue weighted by Gasteiger charge is 2.61. The smallest absolute Gasteiger partial charge is 0.190 e. The van der Waals surface area contributed by atoms with Crippen LogP contribution in [0.2, 0.25) is 0 Å². The van der Waals surface area contributed by atoms with Gasteiger partial charge in [0.2, 0.25) is 0 Å². The Morgan fingerprint density at radius 2 is 2.18 bits per heavy atom. The molecule has 3 saturated heterocycles. The number of nitrogens with one attached hydrogen (secondary N) is 1. The lowest BCUT2D eigenvalue weighted by Gasteiger charge is -2.62. The van der Waals surface area contributed by atoms with Gasteiger partial charge in [-0.3, -0.25) is 9.69 Å². The molecule has 5 aliphatic rings. The normalized spacial score (nSPS) is 45.0. The van der Waals surface area contributed by atoms with Gasteiger partial charge in [0.15, 0.2) is 5.78 Å². The maximum atomic E-state index is 13.3. The third kappa shape index (κ3) is 1.48. The Bertz CT molecular complexity index is 634. The fraction of sp³-hybridized carbons (Fsp3) is 0.632. The molecule has 116 valence electrons. The van der Waals surface area contributed by atoms with Crippen LogP contribution in [0.3, 0.4) is 0 Å². The number of ketones is 1. The van der Waals surface area contributed by atoms with Crippen LogP contribution in [0.1, 0.15) is 43.0 Å². The lowest BCUT2D eigenvalue weighted by molar-refractivity contribution is -0.0893. The van der Waals surface area contributed by atoms with E-state index in [4.69, 9.17) is 0 Å². The molecule has 4 fully saturated rings. The van der Waals surface area contributed by atoms with Crippen molar-refractivity contribution in [3.63, 3.8) is 0 Å². The van der Waals surface area contributed by atoms with Gasteiger partial charge in [-0.1, -0.05) is 25.5 Å². The van der Waals surface area contributed by atoms with Crippen LogP contribution in [-0.2, 0) is 0 Å². The Kier molecular flexibility index (Phi) is 2.59. The van der Waals surface area contributed by atoms with E-state index in [9.17, 15) is 4.79 Å². The first-order valence-electron chi connectivity index (χ1n) is 8.89. The average molecular weight is 296 g/mol. The summed E-state index contributed by atoms with van der Waals surface area (Å²) < 4.78 is 0. The molecule has 6 atom stereocenters. The van der Waals surface area contributed by atoms with Gasteiger partial charge in [-0.2, -0.15) is 0 Å². The first kappa shape index (κ1) is 13.1. The Hall–Kier alpha value is -1.35. The van der Waals surface area contributed by atoms with Gasteiger partial charge < -0.3 is 5.32 Å². The molecule has 4 bridgehead atoms. The molecule has 0 aromatic heterocycles. The second-order valence-electron chi connectivity index (χ2n) is 7.82. The number of para-hydroxylation sites is 1. The van der Waals surface area contributed by atoms with Crippen LogP contribution in [0.5, 0.6) is 0 Å². The van der Waals surface area contributed by atoms with E-state index in [2.05, 4.69) is 23.2 Å². The van der Waals surface area contributed by atoms with Gasteiger partial charge in [0.25, 0.3) is 0 Å². The van der Waals surface area contributed by atoms with E-state index in [-0.39, 0.29) is 5.54 Å². The lowest BCUT2D eigenvalue weighted by Crippen LogP contribution is -2.70. The minimum atomic E-state index is -0.308. The first-order chi connectivity index (χ1) is 10.7. The number of rotatable bonds is 1. The molecule has 1 spiro atoms. The van der Waals surface area contributed by atoms with Crippen molar-refractivity contribution in [1.82, 2.24) is 4.90 Å². The fourth-order valence-corrected chi connectivity index (χ4v) is 6.06. The largest absolute Gasteiger partial charge is 0.372 e. The summed E-state index contributed by atoms with van der Waals surface area (Å²) in [6.07, 6.45) is 4.85. The molecule has 1 aliphatic carbocycles. The minimum absolute atomic E-state index is 0.308. The third-order valence-electron chi connectivity index (χ3n) is 6.92. The highest BCUT2D eigenvalue weighted by atomic mass is 16.1. The number of carbonyl (C=O) groups is 1. The Morgan fingerprint density at radius 3 is 3.00 bits per heavy atom. The highest BCUT2D eigenvalue weighted by molar-refractivity contribution is 6.13. The number of hydrogen-bond acceptors (Lipinski definition) is 3. The monoisotopic (exact) mass is 296 g/mol. The zero-order chi connectivity index (χ0) is 14.9. The molecule has 6 unspecified atom stereocenters. The number of nitrogens with zero attached hydrogens (tertiary/aromatic N) is 1. The number of Topliss-reactive ketones (excluding diaryl/α,β-unsaturated/α-hetero) is 1. The molecule has 1 aromatic carbocycles. The molecule has 6 rings (SSSR count). The predicted octanol–water partition coefficient (Wildman–Crippen LogP) is 3.17. The van der Waals surface area contributed by atoms with Crippen LogP contribution in [0, 0.1) is 17.8 Å². The molecular formula is C19H24N2O. The fourth-order valence-electron chi connectivity index (χ4n) is 6.06. The standard InChI is InChI=1S/C19H24N2O/c1-2-13-9-12-10-15-17(13)21(11-12)8-7-19(15)18(22)14-5-3-4-6-16(14)20-19/h3-6,12-13,15,17,20H,2,7-11H2,1H3. The number of benzene rings is 1. The van der Waals surface area contributed by atoms with E-state index in [1.807, 2.05) is 18.2 Å². The molecule has 1 aromatic rings. The van der Waals surface area contributed by atoms with Crippen LogP contribution < -0.4 is 5.32 Å². The summed E-state index contributed by atoms with van der Waals surface area (Å²) in [7, 11) is 0. The predicted molar refractivity (Wildman–Crippen MR) is 87.1 cm³/mol. The van der Waals surface area contributed by atoms with Crippen LogP contribution >= 0.6 is 0 Å². The van der Waals surface area contributed by atoms with E-state index < -0.39 is 0 Å². The summed E-state index contributed by atoms with van der Waals surface area (Å²) in [6.45, 7) is 4.68. The van der Waals surface area contributed by atoms with Crippen molar-refractivity contribution in [3.8, 4) is 0 Å². The van der Waals surface area contributed by atoms with Crippen molar-refractivity contribution in [2.24, 2.45) is 17.8 Å². The first-order valence-corrected chi connectivity index (χ1v) is 8.89. The van der Waals surface area contributed by atoms with Gasteiger partial charge >= 0.3 is 0 Å². The minimum Gasteiger partial charge on any atom is -0.372 e. The second-order valence-corrected chi connectivity index (χ2v) is 7.82. The van der Waals surface area contributed by atoms with Gasteiger partial charge in [0.05, 0.1) is 0 Å². The molecule has 1 N–H and O–H groups in total. The maximum Gasteiger partial charge on any atom is 0.190 e. The quantitative estimate of drug-likeness (QED) is 0.864. The zero-order valence-corrected chi connectivity index (χ0v) is 13.2. The molecule has 0 radical (unpaired) electrons. The van der Waals surface area contributed by atoms with Gasteiger partial charge in [-0.15, -0.1) is 0 Å². The zero-order valence-electron chi connectivity index (χ0n) is 13.2. The number of carbonyl (C=O) groups excluding carboxylic acids is 1. The third-order valence-corrected chi connectivity index (χ3v) is 6.92. The molecule has 3 heteroatoms. The lowest BCUT2D eigenvalue weighted by atomic mass is 9.56. The number of anilines is 1. The van der Waals surface area contributed by atoms with Crippen molar-refractivity contribution in [1.29, 1.82) is 0 Å². The van der Waals surface area contributed by atoms with Crippen molar-refractivity contribution < 1.29 is 4.79 Å². The van der Waals surface area contributed by atoms with Crippen LogP contribution in [0.4, 0.5) is 5.69 Å². The van der Waals surface area contributed by atoms with Crippen molar-refractivity contribution in [3.05, 3.63) is 29.8 Å². The van der Waals surface area contributed by atoms with E-state index >= 15 is 0 Å². The highest BCUT2D eigenvalue weighted by Crippen LogP contribution is 2.54. The van der Waals surface area contributed by atoms with E-state index in [0.717, 1.165) is 36.1 Å². The topological polar surface area (TPSA) is 32.3 Å². The Balaban J connectivity index is 1.59. The Labute approximate surface area is 132 Å². The van der Waals surface area contributed by atoms with E-state index in [1.165, 1.54) is 25.8 Å². The summed E-state index contributed by atoms with van der Waals surface area (Å²) in [4.78, 5) is 16.0. The van der Waals surface area contributed by atoms with Crippen molar-refractivity contribution in [2.75, 3.05) is 18.4 Å². The van der Waals surface area contributed by atoms with Gasteiger partial charge in [-0.25, -0.2) is 0 Å². The van der Waals surface area contributed by atoms with Gasteiger partial charge in [0, 0.05) is 36.3 Å². The molecule has 4 aliphatic heterocycles. The number of piperidine rings is 3. The summed E-state index contributed by atoms with van der Waals surface area (Å²) >= 11 is 0. The Morgan fingerprint density at radius 1 is 1.32 bits per heavy atom. The summed E-state index contributed by atoms with van der Waals surface area (Å²) in [5.41, 5.74) is 1.68. The molecule has 22 heavy (non-hydrogen) atoms. The van der Waals surface area contributed by atoms with Crippen molar-refractivity contribution >= 4 is 11.5 Å². The van der Waals surface area contributed by atoms with Crippen molar-refractivity contribution in [2.45, 2.75) is 44.2 Å². The van der Waals surface area contributed by atoms with Crippen LogP contribution in [0.15, 0.2) is 24.3 Å². The SMILES string of the molecule is CCC1CC2CC3C1N(CCC31Nc3ccccc3C1=O)C2. The van der Waals surface area contributed by atoms with Crippen LogP contribution in [-0.4, -0.2) is 35.4 Å². The number of fused-ring (bicyclic) bond motifs is 2. The summed E-state index contributed by atoms with van der Waals surface area (Å²) in [5.74, 6) is 2.46. The number of hydrogen-bond donors (Lipinski definition) is 1. The van der Waals surface area contributed by atoms with E-state index in [0.29, 0.717) is 17.7 Å². The molecule has 4 heterocycles. The van der Waals surface area contributed by atoms with E-state index in [1.54, 1.807) is 0 Å². The average Bonchev–Trinajstić information content (AvgIpc) is 2.85. The van der Waals surface area contributed by atoms with Gasteiger partial charge in [-0.05, 0) is 43.2 Å². The summed E-state index contributed by atoms with van der Waals surface area (Å²) in [6, 6.07) is 8.73. The molecule has 3 nitrogen and oxygen atoms in total.